The quantitative estimate of drug-likeness (QED) is 0.774. The Labute approximate surface area is 107 Å². The van der Waals surface area contributed by atoms with Crippen molar-refractivity contribution in [3.8, 4) is 0 Å². The van der Waals surface area contributed by atoms with Crippen molar-refractivity contribution >= 4 is 33.0 Å². The first-order valence-corrected chi connectivity index (χ1v) is 6.66. The largest absolute Gasteiger partial charge is 0.293 e. The summed E-state index contributed by atoms with van der Waals surface area (Å²) < 4.78 is 0.899. The Balaban J connectivity index is 2.21. The molecule has 0 saturated carbocycles. The second kappa shape index (κ2) is 4.93. The predicted molar refractivity (Wildman–Crippen MR) is 71.2 cm³/mol. The highest BCUT2D eigenvalue weighted by atomic mass is 79.9. The summed E-state index contributed by atoms with van der Waals surface area (Å²) in [7, 11) is 0. The summed E-state index contributed by atoms with van der Waals surface area (Å²) in [5.41, 5.74) is 2.27. The van der Waals surface area contributed by atoms with Crippen LogP contribution in [0.5, 0.6) is 0 Å². The van der Waals surface area contributed by atoms with Crippen LogP contribution in [-0.2, 0) is 6.42 Å². The van der Waals surface area contributed by atoms with Crippen molar-refractivity contribution in [2.75, 3.05) is 0 Å². The molecule has 0 fully saturated rings. The highest BCUT2D eigenvalue weighted by Crippen LogP contribution is 2.24. The molecule has 0 aliphatic rings. The zero-order chi connectivity index (χ0) is 11.5. The van der Waals surface area contributed by atoms with E-state index in [2.05, 4.69) is 15.9 Å². The summed E-state index contributed by atoms with van der Waals surface area (Å²) in [6.45, 7) is 2.03. The molecule has 0 radical (unpaired) electrons. The second-order valence-electron chi connectivity index (χ2n) is 3.62. The van der Waals surface area contributed by atoms with Gasteiger partial charge in [-0.25, -0.2) is 0 Å². The van der Waals surface area contributed by atoms with E-state index in [4.69, 9.17) is 0 Å². The zero-order valence-electron chi connectivity index (χ0n) is 8.87. The number of benzene rings is 1. The molecule has 0 aliphatic carbocycles. The summed E-state index contributed by atoms with van der Waals surface area (Å²) in [6.07, 6.45) is 0.478. The summed E-state index contributed by atoms with van der Waals surface area (Å²) >= 11 is 4.87. The normalized spacial score (nSPS) is 10.4. The topological polar surface area (TPSA) is 17.1 Å². The molecule has 3 heteroatoms. The Morgan fingerprint density at radius 3 is 2.69 bits per heavy atom. The third-order valence-corrected chi connectivity index (χ3v) is 4.36. The number of carbonyl (C=O) groups excluding carboxylic acids is 1. The molecule has 1 nitrogen and oxygen atoms in total. The first-order valence-electron chi connectivity index (χ1n) is 4.99. The van der Waals surface area contributed by atoms with Crippen molar-refractivity contribution in [3.05, 3.63) is 56.2 Å². The molecule has 2 rings (SSSR count). The maximum Gasteiger partial charge on any atom is 0.178 e. The number of ketones is 1. The van der Waals surface area contributed by atoms with Gasteiger partial charge in [0.1, 0.15) is 0 Å². The van der Waals surface area contributed by atoms with E-state index in [0.717, 1.165) is 14.9 Å². The molecule has 1 heterocycles. The van der Waals surface area contributed by atoms with Crippen LogP contribution in [0.15, 0.2) is 40.2 Å². The van der Waals surface area contributed by atoms with Gasteiger partial charge in [0.25, 0.3) is 0 Å². The molecular formula is C13H11BrOS. The Morgan fingerprint density at radius 2 is 2.06 bits per heavy atom. The Hall–Kier alpha value is -0.930. The van der Waals surface area contributed by atoms with Gasteiger partial charge < -0.3 is 0 Å². The minimum atomic E-state index is 0.177. The molecule has 0 aliphatic heterocycles. The smallest absolute Gasteiger partial charge is 0.178 e. The van der Waals surface area contributed by atoms with Crippen molar-refractivity contribution in [1.82, 2.24) is 0 Å². The first-order chi connectivity index (χ1) is 7.68. The van der Waals surface area contributed by atoms with Crippen LogP contribution in [0.25, 0.3) is 0 Å². The van der Waals surface area contributed by atoms with Crippen LogP contribution in [0.4, 0.5) is 0 Å². The van der Waals surface area contributed by atoms with Crippen LogP contribution < -0.4 is 0 Å². The van der Waals surface area contributed by atoms with E-state index in [-0.39, 0.29) is 5.78 Å². The summed E-state index contributed by atoms with van der Waals surface area (Å²) in [5.74, 6) is 0.177. The van der Waals surface area contributed by atoms with E-state index in [1.807, 2.05) is 42.6 Å². The molecule has 0 atom stereocenters. The molecule has 1 aromatic heterocycles. The summed E-state index contributed by atoms with van der Waals surface area (Å²) in [6, 6.07) is 9.92. The fourth-order valence-electron chi connectivity index (χ4n) is 1.55. The number of Topliss-reactive ketones (excluding diaryl/α,β-unsaturated/α-hetero) is 1. The SMILES string of the molecule is Cc1ccccc1CC(=O)c1sccc1Br. The van der Waals surface area contributed by atoms with E-state index >= 15 is 0 Å². The van der Waals surface area contributed by atoms with Crippen molar-refractivity contribution in [2.24, 2.45) is 0 Å². The molecule has 1 aromatic carbocycles. The molecule has 0 spiro atoms. The van der Waals surface area contributed by atoms with Crippen LogP contribution in [-0.4, -0.2) is 5.78 Å². The van der Waals surface area contributed by atoms with Crippen LogP contribution in [0.3, 0.4) is 0 Å². The van der Waals surface area contributed by atoms with E-state index in [0.29, 0.717) is 6.42 Å². The summed E-state index contributed by atoms with van der Waals surface area (Å²) in [5, 5.41) is 1.93. The fraction of sp³-hybridized carbons (Fsp3) is 0.154. The van der Waals surface area contributed by atoms with Gasteiger partial charge in [0.15, 0.2) is 5.78 Å². The Bertz CT molecular complexity index is 516. The maximum absolute atomic E-state index is 12.0. The number of hydrogen-bond donors (Lipinski definition) is 0. The minimum absolute atomic E-state index is 0.177. The molecule has 0 N–H and O–H groups in total. The average Bonchev–Trinajstić information content (AvgIpc) is 2.68. The van der Waals surface area contributed by atoms with Crippen molar-refractivity contribution in [2.45, 2.75) is 13.3 Å². The van der Waals surface area contributed by atoms with E-state index < -0.39 is 0 Å². The standard InChI is InChI=1S/C13H11BrOS/c1-9-4-2-3-5-10(9)8-12(15)13-11(14)6-7-16-13/h2-7H,8H2,1H3. The van der Waals surface area contributed by atoms with Crippen LogP contribution in [0, 0.1) is 6.92 Å². The van der Waals surface area contributed by atoms with E-state index in [9.17, 15) is 4.79 Å². The number of thiophene rings is 1. The molecule has 0 unspecified atom stereocenters. The van der Waals surface area contributed by atoms with Gasteiger partial charge in [-0.05, 0) is 45.4 Å². The summed E-state index contributed by atoms with van der Waals surface area (Å²) in [4.78, 5) is 12.8. The van der Waals surface area contributed by atoms with E-state index in [1.54, 1.807) is 0 Å². The van der Waals surface area contributed by atoms with Crippen molar-refractivity contribution in [1.29, 1.82) is 0 Å². The van der Waals surface area contributed by atoms with Gasteiger partial charge in [-0.2, -0.15) is 0 Å². The van der Waals surface area contributed by atoms with Gasteiger partial charge in [-0.1, -0.05) is 24.3 Å². The molecular weight excluding hydrogens is 284 g/mol. The third kappa shape index (κ3) is 2.42. The Morgan fingerprint density at radius 1 is 1.31 bits per heavy atom. The lowest BCUT2D eigenvalue weighted by atomic mass is 10.0. The molecule has 82 valence electrons. The predicted octanol–water partition coefficient (Wildman–Crippen LogP) is 4.24. The van der Waals surface area contributed by atoms with Gasteiger partial charge in [-0.3, -0.25) is 4.79 Å². The van der Waals surface area contributed by atoms with Gasteiger partial charge in [0.05, 0.1) is 4.88 Å². The third-order valence-electron chi connectivity index (χ3n) is 2.48. The molecule has 0 amide bonds. The molecule has 2 aromatic rings. The first kappa shape index (κ1) is 11.6. The van der Waals surface area contributed by atoms with E-state index in [1.165, 1.54) is 16.9 Å². The number of carbonyl (C=O) groups is 1. The average molecular weight is 295 g/mol. The van der Waals surface area contributed by atoms with Gasteiger partial charge in [0.2, 0.25) is 0 Å². The number of halogens is 1. The molecule has 0 saturated heterocycles. The van der Waals surface area contributed by atoms with Crippen molar-refractivity contribution < 1.29 is 4.79 Å². The minimum Gasteiger partial charge on any atom is -0.293 e. The second-order valence-corrected chi connectivity index (χ2v) is 5.39. The number of aryl methyl sites for hydroxylation is 1. The molecule has 16 heavy (non-hydrogen) atoms. The molecule has 0 bridgehead atoms. The van der Waals surface area contributed by atoms with Gasteiger partial charge >= 0.3 is 0 Å². The monoisotopic (exact) mass is 294 g/mol. The maximum atomic E-state index is 12.0. The number of rotatable bonds is 3. The lowest BCUT2D eigenvalue weighted by Gasteiger charge is -2.03. The number of hydrogen-bond acceptors (Lipinski definition) is 2. The fourth-order valence-corrected chi connectivity index (χ4v) is 3.09. The Kier molecular flexibility index (Phi) is 3.56. The lowest BCUT2D eigenvalue weighted by molar-refractivity contribution is 0.0996. The van der Waals surface area contributed by atoms with Gasteiger partial charge in [-0.15, -0.1) is 11.3 Å². The lowest BCUT2D eigenvalue weighted by Crippen LogP contribution is -2.03. The van der Waals surface area contributed by atoms with Crippen LogP contribution in [0.2, 0.25) is 0 Å². The van der Waals surface area contributed by atoms with Gasteiger partial charge in [0, 0.05) is 10.9 Å². The highest BCUT2D eigenvalue weighted by molar-refractivity contribution is 9.10. The van der Waals surface area contributed by atoms with Crippen molar-refractivity contribution in [3.63, 3.8) is 0 Å². The van der Waals surface area contributed by atoms with Crippen LogP contribution in [0.1, 0.15) is 20.8 Å². The van der Waals surface area contributed by atoms with Crippen LogP contribution >= 0.6 is 27.3 Å². The zero-order valence-corrected chi connectivity index (χ0v) is 11.3. The highest BCUT2D eigenvalue weighted by Gasteiger charge is 2.12.